The summed E-state index contributed by atoms with van der Waals surface area (Å²) in [5, 5.41) is 6.53. The molecule has 0 bridgehead atoms. The molecular formula is C15H15N3OS. The summed E-state index contributed by atoms with van der Waals surface area (Å²) in [6.45, 7) is 1.28. The van der Waals surface area contributed by atoms with Crippen LogP contribution in [0.2, 0.25) is 0 Å². The zero-order valence-electron chi connectivity index (χ0n) is 10.9. The highest BCUT2D eigenvalue weighted by molar-refractivity contribution is 7.17. The van der Waals surface area contributed by atoms with Gasteiger partial charge >= 0.3 is 0 Å². The van der Waals surface area contributed by atoms with Gasteiger partial charge in [-0.1, -0.05) is 0 Å². The first-order valence-electron chi connectivity index (χ1n) is 6.37. The highest BCUT2D eigenvalue weighted by Crippen LogP contribution is 2.25. The van der Waals surface area contributed by atoms with Gasteiger partial charge in [-0.05, 0) is 41.8 Å². The Labute approximate surface area is 121 Å². The zero-order valence-corrected chi connectivity index (χ0v) is 11.7. The molecule has 20 heavy (non-hydrogen) atoms. The minimum atomic E-state index is 0.576. The lowest BCUT2D eigenvalue weighted by molar-refractivity contribution is 0.333. The summed E-state index contributed by atoms with van der Waals surface area (Å²) < 4.78 is 6.87. The molecule has 4 nitrogen and oxygen atoms in total. The van der Waals surface area contributed by atoms with Crippen molar-refractivity contribution < 1.29 is 4.74 Å². The van der Waals surface area contributed by atoms with E-state index in [1.54, 1.807) is 11.3 Å². The van der Waals surface area contributed by atoms with Crippen LogP contribution in [0, 0.1) is 0 Å². The van der Waals surface area contributed by atoms with Gasteiger partial charge in [-0.3, -0.25) is 0 Å². The Bertz CT molecular complexity index is 694. The summed E-state index contributed by atoms with van der Waals surface area (Å²) in [7, 11) is 0. The number of rotatable bonds is 5. The normalized spacial score (nSPS) is 10.6. The van der Waals surface area contributed by atoms with Crippen molar-refractivity contribution in [3.8, 4) is 5.75 Å². The minimum absolute atomic E-state index is 0.576. The molecule has 0 fully saturated rings. The van der Waals surface area contributed by atoms with Gasteiger partial charge in [0.2, 0.25) is 0 Å². The maximum Gasteiger partial charge on any atom is 0.134 e. The Morgan fingerprint density at radius 1 is 1.15 bits per heavy atom. The van der Waals surface area contributed by atoms with Gasteiger partial charge in [0.25, 0.3) is 0 Å². The molecule has 0 spiro atoms. The molecule has 0 aliphatic rings. The molecule has 2 heterocycles. The molecule has 0 radical (unpaired) electrons. The predicted molar refractivity (Wildman–Crippen MR) is 84.5 cm³/mol. The molecule has 0 saturated heterocycles. The van der Waals surface area contributed by atoms with Crippen LogP contribution in [0.5, 0.6) is 5.75 Å². The van der Waals surface area contributed by atoms with Crippen LogP contribution < -0.4 is 15.8 Å². The molecule has 102 valence electrons. The second kappa shape index (κ2) is 5.79. The first kappa shape index (κ1) is 12.7. The zero-order chi connectivity index (χ0) is 13.8. The third-order valence-corrected chi connectivity index (χ3v) is 3.81. The van der Waals surface area contributed by atoms with Crippen molar-refractivity contribution in [3.63, 3.8) is 0 Å². The Hall–Kier alpha value is -2.27. The molecule has 5 heteroatoms. The fourth-order valence-electron chi connectivity index (χ4n) is 1.94. The standard InChI is InChI=1S/C15H15N3OS/c16-11-1-3-12(4-2-11)19-9-8-18-15-13-6-10-20-14(13)5-7-17-15/h1-7,10H,8-9,16H2,(H,17,18). The number of aromatic nitrogens is 1. The topological polar surface area (TPSA) is 60.2 Å². The van der Waals surface area contributed by atoms with E-state index in [2.05, 4.69) is 21.7 Å². The van der Waals surface area contributed by atoms with E-state index < -0.39 is 0 Å². The number of thiophene rings is 1. The number of benzene rings is 1. The molecule has 0 aliphatic heterocycles. The summed E-state index contributed by atoms with van der Waals surface area (Å²) in [5.74, 6) is 1.73. The van der Waals surface area contributed by atoms with Crippen molar-refractivity contribution in [2.45, 2.75) is 0 Å². The van der Waals surface area contributed by atoms with E-state index >= 15 is 0 Å². The molecular weight excluding hydrogens is 270 g/mol. The van der Waals surface area contributed by atoms with E-state index in [1.165, 1.54) is 4.70 Å². The van der Waals surface area contributed by atoms with Gasteiger partial charge in [0, 0.05) is 22.0 Å². The van der Waals surface area contributed by atoms with E-state index in [1.807, 2.05) is 36.5 Å². The van der Waals surface area contributed by atoms with Gasteiger partial charge in [0.1, 0.15) is 18.2 Å². The predicted octanol–water partition coefficient (Wildman–Crippen LogP) is 3.37. The number of nitrogens with zero attached hydrogens (tertiary/aromatic N) is 1. The SMILES string of the molecule is Nc1ccc(OCCNc2nccc3sccc23)cc1. The molecule has 0 aliphatic carbocycles. The highest BCUT2D eigenvalue weighted by Gasteiger charge is 2.02. The van der Waals surface area contributed by atoms with Gasteiger partial charge in [-0.25, -0.2) is 4.98 Å². The number of nitrogens with one attached hydrogen (secondary N) is 1. The first-order chi connectivity index (χ1) is 9.83. The summed E-state index contributed by atoms with van der Waals surface area (Å²) in [5.41, 5.74) is 6.36. The number of hydrogen-bond donors (Lipinski definition) is 2. The maximum absolute atomic E-state index is 5.63. The van der Waals surface area contributed by atoms with Crippen LogP contribution >= 0.6 is 11.3 Å². The van der Waals surface area contributed by atoms with Crippen LogP contribution in [-0.2, 0) is 0 Å². The third-order valence-electron chi connectivity index (χ3n) is 2.92. The smallest absolute Gasteiger partial charge is 0.134 e. The fourth-order valence-corrected chi connectivity index (χ4v) is 2.72. The summed E-state index contributed by atoms with van der Waals surface area (Å²) in [4.78, 5) is 4.36. The van der Waals surface area contributed by atoms with Gasteiger partial charge in [-0.2, -0.15) is 0 Å². The lowest BCUT2D eigenvalue weighted by Gasteiger charge is -2.09. The van der Waals surface area contributed by atoms with E-state index in [0.29, 0.717) is 13.2 Å². The Morgan fingerprint density at radius 2 is 2.00 bits per heavy atom. The monoisotopic (exact) mass is 285 g/mol. The molecule has 3 aromatic rings. The van der Waals surface area contributed by atoms with E-state index in [0.717, 1.165) is 22.6 Å². The lowest BCUT2D eigenvalue weighted by atomic mass is 10.3. The van der Waals surface area contributed by atoms with Crippen LogP contribution in [-0.4, -0.2) is 18.1 Å². The van der Waals surface area contributed by atoms with E-state index in [4.69, 9.17) is 10.5 Å². The lowest BCUT2D eigenvalue weighted by Crippen LogP contribution is -2.12. The Kier molecular flexibility index (Phi) is 3.69. The molecule has 3 rings (SSSR count). The second-order valence-corrected chi connectivity index (χ2v) is 5.28. The number of nitrogen functional groups attached to an aromatic ring is 1. The van der Waals surface area contributed by atoms with Crippen LogP contribution in [0.4, 0.5) is 11.5 Å². The van der Waals surface area contributed by atoms with Crippen molar-refractivity contribution in [2.75, 3.05) is 24.2 Å². The van der Waals surface area contributed by atoms with Crippen molar-refractivity contribution in [1.82, 2.24) is 4.98 Å². The summed E-state index contributed by atoms with van der Waals surface area (Å²) >= 11 is 1.72. The summed E-state index contributed by atoms with van der Waals surface area (Å²) in [6, 6.07) is 11.5. The quantitative estimate of drug-likeness (QED) is 0.557. The Balaban J connectivity index is 1.55. The van der Waals surface area contributed by atoms with Gasteiger partial charge in [0.05, 0.1) is 6.54 Å². The first-order valence-corrected chi connectivity index (χ1v) is 7.25. The molecule has 0 amide bonds. The maximum atomic E-state index is 5.63. The third kappa shape index (κ3) is 2.83. The van der Waals surface area contributed by atoms with Crippen molar-refractivity contribution in [2.24, 2.45) is 0 Å². The molecule has 1 aromatic carbocycles. The summed E-state index contributed by atoms with van der Waals surface area (Å²) in [6.07, 6.45) is 1.82. The largest absolute Gasteiger partial charge is 0.492 e. The molecule has 0 saturated carbocycles. The number of fused-ring (bicyclic) bond motifs is 1. The van der Waals surface area contributed by atoms with Crippen molar-refractivity contribution in [1.29, 1.82) is 0 Å². The molecule has 3 N–H and O–H groups in total. The van der Waals surface area contributed by atoms with Crippen molar-refractivity contribution in [3.05, 3.63) is 48.0 Å². The number of pyridine rings is 1. The average Bonchev–Trinajstić information content (AvgIpc) is 2.94. The number of nitrogens with two attached hydrogens (primary N) is 1. The molecule has 2 aromatic heterocycles. The van der Waals surface area contributed by atoms with Gasteiger partial charge in [0.15, 0.2) is 0 Å². The van der Waals surface area contributed by atoms with E-state index in [9.17, 15) is 0 Å². The number of hydrogen-bond acceptors (Lipinski definition) is 5. The van der Waals surface area contributed by atoms with Crippen LogP contribution in [0.15, 0.2) is 48.0 Å². The van der Waals surface area contributed by atoms with Gasteiger partial charge < -0.3 is 15.8 Å². The molecule has 0 atom stereocenters. The minimum Gasteiger partial charge on any atom is -0.492 e. The van der Waals surface area contributed by atoms with Crippen LogP contribution in [0.25, 0.3) is 10.1 Å². The number of anilines is 2. The van der Waals surface area contributed by atoms with Crippen LogP contribution in [0.1, 0.15) is 0 Å². The van der Waals surface area contributed by atoms with Crippen LogP contribution in [0.3, 0.4) is 0 Å². The number of ether oxygens (including phenoxy) is 1. The highest BCUT2D eigenvalue weighted by atomic mass is 32.1. The second-order valence-electron chi connectivity index (χ2n) is 4.34. The Morgan fingerprint density at radius 3 is 2.85 bits per heavy atom. The van der Waals surface area contributed by atoms with Gasteiger partial charge in [-0.15, -0.1) is 11.3 Å². The fraction of sp³-hybridized carbons (Fsp3) is 0.133. The average molecular weight is 285 g/mol. The van der Waals surface area contributed by atoms with E-state index in [-0.39, 0.29) is 0 Å². The molecule has 0 unspecified atom stereocenters. The van der Waals surface area contributed by atoms with Crippen molar-refractivity contribution >= 4 is 32.9 Å².